The summed E-state index contributed by atoms with van der Waals surface area (Å²) in [5.41, 5.74) is 1.31. The van der Waals surface area contributed by atoms with Crippen molar-refractivity contribution >= 4 is 16.6 Å². The second-order valence-electron chi connectivity index (χ2n) is 4.99. The molecular weight excluding hydrogens is 270 g/mol. The van der Waals surface area contributed by atoms with Crippen LogP contribution in [0.25, 0.3) is 10.8 Å². The molecule has 3 aromatic rings. The second kappa shape index (κ2) is 5.09. The first-order valence-corrected chi connectivity index (χ1v) is 6.55. The number of carbonyl (C=O) groups is 1. The number of carbonyl (C=O) groups excluding carboxylic acids is 1. The number of hydrogen-bond donors (Lipinski definition) is 0. The lowest BCUT2D eigenvalue weighted by Gasteiger charge is -2.08. The van der Waals surface area contributed by atoms with Crippen LogP contribution in [-0.2, 0) is 0 Å². The molecule has 0 bridgehead atoms. The molecule has 0 amide bonds. The minimum Gasteiger partial charge on any atom is -0.289 e. The summed E-state index contributed by atoms with van der Waals surface area (Å²) in [7, 11) is 0. The van der Waals surface area contributed by atoms with Gasteiger partial charge >= 0.3 is 0 Å². The SMILES string of the molecule is Cc1cc(F)cc(C(=O)c2ccc(F)c3ccccc23)c1. The summed E-state index contributed by atoms with van der Waals surface area (Å²) in [6.45, 7) is 1.72. The van der Waals surface area contributed by atoms with Crippen LogP contribution >= 0.6 is 0 Å². The highest BCUT2D eigenvalue weighted by molar-refractivity contribution is 6.16. The smallest absolute Gasteiger partial charge is 0.193 e. The van der Waals surface area contributed by atoms with Crippen molar-refractivity contribution in [2.45, 2.75) is 6.92 Å². The van der Waals surface area contributed by atoms with Crippen molar-refractivity contribution in [3.63, 3.8) is 0 Å². The van der Waals surface area contributed by atoms with Crippen LogP contribution in [0.1, 0.15) is 21.5 Å². The Morgan fingerprint density at radius 1 is 0.905 bits per heavy atom. The van der Waals surface area contributed by atoms with Gasteiger partial charge in [-0.25, -0.2) is 8.78 Å². The fourth-order valence-corrected chi connectivity index (χ4v) is 2.48. The molecule has 0 heterocycles. The van der Waals surface area contributed by atoms with E-state index in [1.165, 1.54) is 24.3 Å². The molecule has 0 aliphatic rings. The number of fused-ring (bicyclic) bond motifs is 1. The zero-order valence-electron chi connectivity index (χ0n) is 11.4. The van der Waals surface area contributed by atoms with E-state index >= 15 is 0 Å². The van der Waals surface area contributed by atoms with Gasteiger partial charge < -0.3 is 0 Å². The summed E-state index contributed by atoms with van der Waals surface area (Å²) < 4.78 is 27.3. The number of aryl methyl sites for hydroxylation is 1. The summed E-state index contributed by atoms with van der Waals surface area (Å²) >= 11 is 0. The Morgan fingerprint density at radius 3 is 2.33 bits per heavy atom. The summed E-state index contributed by atoms with van der Waals surface area (Å²) in [4.78, 5) is 12.6. The summed E-state index contributed by atoms with van der Waals surface area (Å²) in [5.74, 6) is -1.14. The van der Waals surface area contributed by atoms with E-state index < -0.39 is 5.82 Å². The Kier molecular flexibility index (Phi) is 3.26. The molecule has 3 rings (SSSR count). The van der Waals surface area contributed by atoms with Crippen LogP contribution in [0.5, 0.6) is 0 Å². The second-order valence-corrected chi connectivity index (χ2v) is 4.99. The number of rotatable bonds is 2. The molecule has 3 heteroatoms. The van der Waals surface area contributed by atoms with Crippen molar-refractivity contribution in [3.8, 4) is 0 Å². The molecule has 21 heavy (non-hydrogen) atoms. The molecular formula is C18H12F2O. The third kappa shape index (κ3) is 2.42. The van der Waals surface area contributed by atoms with Gasteiger partial charge in [0.1, 0.15) is 11.6 Å². The van der Waals surface area contributed by atoms with Gasteiger partial charge in [0.05, 0.1) is 0 Å². The molecule has 3 aromatic carbocycles. The van der Waals surface area contributed by atoms with Crippen molar-refractivity contribution in [3.05, 3.63) is 82.9 Å². The standard InChI is InChI=1S/C18H12F2O/c1-11-8-12(10-13(19)9-11)18(21)16-6-7-17(20)15-5-3-2-4-14(15)16/h2-10H,1H3. The predicted octanol–water partition coefficient (Wildman–Crippen LogP) is 4.66. The fourth-order valence-electron chi connectivity index (χ4n) is 2.48. The van der Waals surface area contributed by atoms with Gasteiger partial charge in [-0.1, -0.05) is 24.3 Å². The van der Waals surface area contributed by atoms with Gasteiger partial charge in [0.25, 0.3) is 0 Å². The van der Waals surface area contributed by atoms with Gasteiger partial charge in [-0.15, -0.1) is 0 Å². The fraction of sp³-hybridized carbons (Fsp3) is 0.0556. The lowest BCUT2D eigenvalue weighted by atomic mass is 9.96. The quantitative estimate of drug-likeness (QED) is 0.625. The third-order valence-electron chi connectivity index (χ3n) is 3.42. The van der Waals surface area contributed by atoms with E-state index in [1.807, 2.05) is 0 Å². The Hall–Kier alpha value is -2.55. The van der Waals surface area contributed by atoms with Crippen LogP contribution in [0.3, 0.4) is 0 Å². The van der Waals surface area contributed by atoms with E-state index in [0.717, 1.165) is 0 Å². The van der Waals surface area contributed by atoms with E-state index in [-0.39, 0.29) is 17.2 Å². The lowest BCUT2D eigenvalue weighted by molar-refractivity contribution is 0.103. The van der Waals surface area contributed by atoms with Crippen molar-refractivity contribution < 1.29 is 13.6 Å². The molecule has 0 unspecified atom stereocenters. The normalized spacial score (nSPS) is 10.8. The molecule has 0 fully saturated rings. The van der Waals surface area contributed by atoms with Gasteiger partial charge in [0.15, 0.2) is 5.78 Å². The first-order chi connectivity index (χ1) is 10.1. The molecule has 0 aromatic heterocycles. The topological polar surface area (TPSA) is 17.1 Å². The third-order valence-corrected chi connectivity index (χ3v) is 3.42. The maximum absolute atomic E-state index is 13.8. The number of hydrogen-bond acceptors (Lipinski definition) is 1. The Bertz CT molecular complexity index is 833. The van der Waals surface area contributed by atoms with Gasteiger partial charge in [-0.2, -0.15) is 0 Å². The molecule has 0 aliphatic heterocycles. The molecule has 0 aliphatic carbocycles. The highest BCUT2D eigenvalue weighted by atomic mass is 19.1. The van der Waals surface area contributed by atoms with Crippen molar-refractivity contribution in [1.82, 2.24) is 0 Å². The monoisotopic (exact) mass is 282 g/mol. The maximum atomic E-state index is 13.8. The molecule has 0 N–H and O–H groups in total. The van der Waals surface area contributed by atoms with Crippen molar-refractivity contribution in [2.24, 2.45) is 0 Å². The molecule has 0 spiro atoms. The van der Waals surface area contributed by atoms with Crippen molar-refractivity contribution in [1.29, 1.82) is 0 Å². The predicted molar refractivity (Wildman–Crippen MR) is 78.5 cm³/mol. The minimum absolute atomic E-state index is 0.268. The minimum atomic E-state index is -0.454. The molecule has 0 atom stereocenters. The van der Waals surface area contributed by atoms with Crippen LogP contribution in [-0.4, -0.2) is 5.78 Å². The zero-order valence-corrected chi connectivity index (χ0v) is 11.4. The highest BCUT2D eigenvalue weighted by Gasteiger charge is 2.15. The number of benzene rings is 3. The average Bonchev–Trinajstić information content (AvgIpc) is 2.46. The lowest BCUT2D eigenvalue weighted by Crippen LogP contribution is -2.04. The maximum Gasteiger partial charge on any atom is 0.193 e. The van der Waals surface area contributed by atoms with Gasteiger partial charge in [-0.3, -0.25) is 4.79 Å². The van der Waals surface area contributed by atoms with Gasteiger partial charge in [-0.05, 0) is 48.2 Å². The first kappa shape index (κ1) is 13.4. The van der Waals surface area contributed by atoms with Gasteiger partial charge in [0, 0.05) is 16.5 Å². The molecule has 0 saturated carbocycles. The van der Waals surface area contributed by atoms with Crippen LogP contribution < -0.4 is 0 Å². The summed E-state index contributed by atoms with van der Waals surface area (Å²) in [6, 6.07) is 13.7. The zero-order chi connectivity index (χ0) is 15.0. The number of ketones is 1. The highest BCUT2D eigenvalue weighted by Crippen LogP contribution is 2.24. The van der Waals surface area contributed by atoms with E-state index in [1.54, 1.807) is 37.3 Å². The largest absolute Gasteiger partial charge is 0.289 e. The van der Waals surface area contributed by atoms with Crippen molar-refractivity contribution in [2.75, 3.05) is 0 Å². The van der Waals surface area contributed by atoms with E-state index in [0.29, 0.717) is 21.9 Å². The average molecular weight is 282 g/mol. The van der Waals surface area contributed by atoms with E-state index in [2.05, 4.69) is 0 Å². The van der Waals surface area contributed by atoms with Crippen LogP contribution in [0.2, 0.25) is 0 Å². The Morgan fingerprint density at radius 2 is 1.62 bits per heavy atom. The summed E-state index contributed by atoms with van der Waals surface area (Å²) in [5, 5.41) is 0.917. The van der Waals surface area contributed by atoms with Crippen LogP contribution in [0.4, 0.5) is 8.78 Å². The van der Waals surface area contributed by atoms with Crippen LogP contribution in [0.15, 0.2) is 54.6 Å². The Labute approximate surface area is 120 Å². The van der Waals surface area contributed by atoms with E-state index in [9.17, 15) is 13.6 Å². The molecule has 0 saturated heterocycles. The molecule has 1 nitrogen and oxygen atoms in total. The molecule has 0 radical (unpaired) electrons. The van der Waals surface area contributed by atoms with Gasteiger partial charge in [0.2, 0.25) is 0 Å². The summed E-state index contributed by atoms with van der Waals surface area (Å²) in [6.07, 6.45) is 0. The number of halogens is 2. The van der Waals surface area contributed by atoms with E-state index in [4.69, 9.17) is 0 Å². The Balaban J connectivity index is 2.20. The first-order valence-electron chi connectivity index (χ1n) is 6.55. The van der Waals surface area contributed by atoms with Crippen LogP contribution in [0, 0.1) is 18.6 Å². The molecule has 104 valence electrons.